The zero-order chi connectivity index (χ0) is 16.9. The maximum atomic E-state index is 12.0. The number of benzene rings is 1. The molecule has 122 valence electrons. The Bertz CT molecular complexity index is 806. The van der Waals surface area contributed by atoms with Crippen LogP contribution in [-0.2, 0) is 11.2 Å². The fraction of sp³-hybridized carbons (Fsp3) is 0.167. The van der Waals surface area contributed by atoms with Crippen molar-refractivity contribution in [1.82, 2.24) is 10.1 Å². The third-order valence-corrected chi connectivity index (χ3v) is 3.42. The van der Waals surface area contributed by atoms with Gasteiger partial charge in [-0.15, -0.1) is 0 Å². The van der Waals surface area contributed by atoms with E-state index in [0.29, 0.717) is 28.8 Å². The predicted molar refractivity (Wildman–Crippen MR) is 86.1 cm³/mol. The number of aryl methyl sites for hydroxylation is 2. The predicted octanol–water partition coefficient (Wildman–Crippen LogP) is 3.63. The molecule has 0 aliphatic rings. The van der Waals surface area contributed by atoms with Gasteiger partial charge in [0.25, 0.3) is 0 Å². The Morgan fingerprint density at radius 1 is 1.08 bits per heavy atom. The van der Waals surface area contributed by atoms with Crippen LogP contribution in [0.5, 0.6) is 17.4 Å². The van der Waals surface area contributed by atoms with Crippen molar-refractivity contribution >= 4 is 5.97 Å². The minimum absolute atomic E-state index is 0.118. The summed E-state index contributed by atoms with van der Waals surface area (Å²) >= 11 is 0. The van der Waals surface area contributed by atoms with Crippen LogP contribution in [0.4, 0.5) is 0 Å². The molecule has 6 nitrogen and oxygen atoms in total. The van der Waals surface area contributed by atoms with Gasteiger partial charge in [-0.1, -0.05) is 11.2 Å². The maximum Gasteiger partial charge on any atom is 0.315 e. The van der Waals surface area contributed by atoms with E-state index in [4.69, 9.17) is 14.0 Å². The number of aromatic nitrogens is 2. The molecule has 0 saturated heterocycles. The van der Waals surface area contributed by atoms with Crippen molar-refractivity contribution in [2.45, 2.75) is 20.3 Å². The van der Waals surface area contributed by atoms with E-state index in [1.165, 1.54) is 0 Å². The summed E-state index contributed by atoms with van der Waals surface area (Å²) in [6.07, 6.45) is 1.77. The molecule has 0 aliphatic carbocycles. The third kappa shape index (κ3) is 3.78. The highest BCUT2D eigenvalue weighted by molar-refractivity contribution is 5.75. The van der Waals surface area contributed by atoms with Gasteiger partial charge in [0.2, 0.25) is 5.88 Å². The van der Waals surface area contributed by atoms with E-state index in [-0.39, 0.29) is 12.4 Å². The summed E-state index contributed by atoms with van der Waals surface area (Å²) in [6.45, 7) is 3.56. The van der Waals surface area contributed by atoms with Crippen LogP contribution in [0.25, 0.3) is 0 Å². The SMILES string of the molecule is Cc1noc(C)c1CC(=O)Oc1ccc(Oc2ccccn2)cc1. The lowest BCUT2D eigenvalue weighted by Crippen LogP contribution is -2.12. The first-order valence-corrected chi connectivity index (χ1v) is 7.43. The molecule has 2 heterocycles. The highest BCUT2D eigenvalue weighted by Crippen LogP contribution is 2.22. The normalized spacial score (nSPS) is 10.4. The molecule has 1 aromatic carbocycles. The summed E-state index contributed by atoms with van der Waals surface area (Å²) in [5.74, 6) is 1.81. The van der Waals surface area contributed by atoms with Gasteiger partial charge >= 0.3 is 5.97 Å². The Morgan fingerprint density at radius 3 is 2.46 bits per heavy atom. The number of hydrogen-bond acceptors (Lipinski definition) is 6. The molecule has 2 aromatic heterocycles. The van der Waals surface area contributed by atoms with Crippen molar-refractivity contribution in [3.63, 3.8) is 0 Å². The molecular formula is C18H16N2O4. The number of esters is 1. The van der Waals surface area contributed by atoms with Gasteiger partial charge in [-0.05, 0) is 44.2 Å². The number of pyridine rings is 1. The minimum Gasteiger partial charge on any atom is -0.439 e. The summed E-state index contributed by atoms with van der Waals surface area (Å²) in [6, 6.07) is 12.2. The van der Waals surface area contributed by atoms with E-state index >= 15 is 0 Å². The molecule has 0 unspecified atom stereocenters. The molecular weight excluding hydrogens is 308 g/mol. The lowest BCUT2D eigenvalue weighted by atomic mass is 10.1. The highest BCUT2D eigenvalue weighted by Gasteiger charge is 2.15. The lowest BCUT2D eigenvalue weighted by Gasteiger charge is -2.07. The van der Waals surface area contributed by atoms with Gasteiger partial charge in [-0.25, -0.2) is 4.98 Å². The number of hydrogen-bond donors (Lipinski definition) is 0. The van der Waals surface area contributed by atoms with E-state index in [1.54, 1.807) is 50.4 Å². The van der Waals surface area contributed by atoms with Crippen molar-refractivity contribution in [3.05, 3.63) is 65.7 Å². The van der Waals surface area contributed by atoms with Crippen LogP contribution in [0.1, 0.15) is 17.0 Å². The van der Waals surface area contributed by atoms with Gasteiger partial charge in [-0.2, -0.15) is 0 Å². The summed E-state index contributed by atoms with van der Waals surface area (Å²) in [4.78, 5) is 16.1. The van der Waals surface area contributed by atoms with Crippen LogP contribution in [0.3, 0.4) is 0 Å². The molecule has 0 radical (unpaired) electrons. The highest BCUT2D eigenvalue weighted by atomic mass is 16.5. The molecule has 0 N–H and O–H groups in total. The minimum atomic E-state index is -0.372. The van der Waals surface area contributed by atoms with Crippen LogP contribution in [0.15, 0.2) is 53.2 Å². The molecule has 3 aromatic rings. The number of carbonyl (C=O) groups is 1. The zero-order valence-corrected chi connectivity index (χ0v) is 13.4. The van der Waals surface area contributed by atoms with E-state index in [9.17, 15) is 4.79 Å². The molecule has 0 spiro atoms. The number of rotatable bonds is 5. The Labute approximate surface area is 139 Å². The first-order chi connectivity index (χ1) is 11.6. The van der Waals surface area contributed by atoms with Crippen LogP contribution in [0.2, 0.25) is 0 Å². The topological polar surface area (TPSA) is 74.5 Å². The molecule has 3 rings (SSSR count). The average Bonchev–Trinajstić information content (AvgIpc) is 2.89. The van der Waals surface area contributed by atoms with Crippen LogP contribution < -0.4 is 9.47 Å². The van der Waals surface area contributed by atoms with Gasteiger partial charge in [0.15, 0.2) is 0 Å². The fourth-order valence-corrected chi connectivity index (χ4v) is 2.17. The zero-order valence-electron chi connectivity index (χ0n) is 13.4. The van der Waals surface area contributed by atoms with E-state index < -0.39 is 0 Å². The summed E-state index contributed by atoms with van der Waals surface area (Å²) < 4.78 is 15.9. The van der Waals surface area contributed by atoms with Crippen LogP contribution in [-0.4, -0.2) is 16.1 Å². The van der Waals surface area contributed by atoms with Crippen LogP contribution in [0, 0.1) is 13.8 Å². The van der Waals surface area contributed by atoms with Crippen molar-refractivity contribution in [1.29, 1.82) is 0 Å². The number of ether oxygens (including phenoxy) is 2. The molecule has 0 atom stereocenters. The molecule has 0 saturated carbocycles. The molecule has 0 fully saturated rings. The summed E-state index contributed by atoms with van der Waals surface area (Å²) in [5.41, 5.74) is 1.46. The Hall–Kier alpha value is -3.15. The van der Waals surface area contributed by atoms with E-state index in [2.05, 4.69) is 10.1 Å². The Balaban J connectivity index is 1.61. The van der Waals surface area contributed by atoms with E-state index in [1.807, 2.05) is 12.1 Å². The van der Waals surface area contributed by atoms with Crippen molar-refractivity contribution < 1.29 is 18.8 Å². The lowest BCUT2D eigenvalue weighted by molar-refractivity contribution is -0.133. The second-order valence-electron chi connectivity index (χ2n) is 5.20. The van der Waals surface area contributed by atoms with Gasteiger partial charge in [0, 0.05) is 17.8 Å². The van der Waals surface area contributed by atoms with Gasteiger partial charge in [0.05, 0.1) is 12.1 Å². The van der Waals surface area contributed by atoms with Crippen molar-refractivity contribution in [2.24, 2.45) is 0 Å². The first kappa shape index (κ1) is 15.7. The van der Waals surface area contributed by atoms with Crippen LogP contribution >= 0.6 is 0 Å². The smallest absolute Gasteiger partial charge is 0.315 e. The monoisotopic (exact) mass is 324 g/mol. The second kappa shape index (κ2) is 6.95. The molecule has 24 heavy (non-hydrogen) atoms. The number of carbonyl (C=O) groups excluding carboxylic acids is 1. The average molecular weight is 324 g/mol. The van der Waals surface area contributed by atoms with Crippen molar-refractivity contribution in [3.8, 4) is 17.4 Å². The number of nitrogens with zero attached hydrogens (tertiary/aromatic N) is 2. The maximum absolute atomic E-state index is 12.0. The standard InChI is InChI=1S/C18H16N2O4/c1-12-16(13(2)24-20-12)11-18(21)23-15-8-6-14(7-9-15)22-17-5-3-4-10-19-17/h3-10H,11H2,1-2H3. The quantitative estimate of drug-likeness (QED) is 0.527. The van der Waals surface area contributed by atoms with Gasteiger partial charge in [-0.3, -0.25) is 4.79 Å². The fourth-order valence-electron chi connectivity index (χ4n) is 2.17. The third-order valence-electron chi connectivity index (χ3n) is 3.42. The Kier molecular flexibility index (Phi) is 4.56. The molecule has 0 aliphatic heterocycles. The van der Waals surface area contributed by atoms with Gasteiger partial charge in [0.1, 0.15) is 17.3 Å². The molecule has 6 heteroatoms. The summed E-state index contributed by atoms with van der Waals surface area (Å²) in [7, 11) is 0. The van der Waals surface area contributed by atoms with E-state index in [0.717, 1.165) is 5.56 Å². The Morgan fingerprint density at radius 2 is 1.83 bits per heavy atom. The first-order valence-electron chi connectivity index (χ1n) is 7.43. The molecule has 0 amide bonds. The van der Waals surface area contributed by atoms with Crippen molar-refractivity contribution in [2.75, 3.05) is 0 Å². The molecule has 0 bridgehead atoms. The largest absolute Gasteiger partial charge is 0.439 e. The second-order valence-corrected chi connectivity index (χ2v) is 5.20. The van der Waals surface area contributed by atoms with Gasteiger partial charge < -0.3 is 14.0 Å². The summed E-state index contributed by atoms with van der Waals surface area (Å²) in [5, 5.41) is 3.82.